The number of H-pyrrole nitrogens is 1. The third kappa shape index (κ3) is 3.11. The maximum absolute atomic E-state index is 12.1. The molecule has 0 atom stereocenters. The number of hydrogen-bond acceptors (Lipinski definition) is 4. The summed E-state index contributed by atoms with van der Waals surface area (Å²) in [4.78, 5) is 19.5. The second-order valence-electron chi connectivity index (χ2n) is 6.11. The fraction of sp³-hybridized carbons (Fsp3) is 0.389. The number of rotatable bonds is 3. The van der Waals surface area contributed by atoms with Gasteiger partial charge in [0.25, 0.3) is 5.56 Å². The highest BCUT2D eigenvalue weighted by molar-refractivity contribution is 5.55. The number of fused-ring (bicyclic) bond motifs is 1. The van der Waals surface area contributed by atoms with Gasteiger partial charge in [0.2, 0.25) is 0 Å². The lowest BCUT2D eigenvalue weighted by Crippen LogP contribution is -2.19. The lowest BCUT2D eigenvalue weighted by atomic mass is 9.95. The van der Waals surface area contributed by atoms with Crippen molar-refractivity contribution in [3.8, 4) is 6.07 Å². The first kappa shape index (κ1) is 15.3. The van der Waals surface area contributed by atoms with E-state index in [2.05, 4.69) is 21.4 Å². The van der Waals surface area contributed by atoms with Crippen LogP contribution in [0.5, 0.6) is 0 Å². The predicted molar refractivity (Wildman–Crippen MR) is 89.5 cm³/mol. The van der Waals surface area contributed by atoms with Gasteiger partial charge in [-0.25, -0.2) is 4.98 Å². The van der Waals surface area contributed by atoms with E-state index in [9.17, 15) is 10.1 Å². The maximum Gasteiger partial charge on any atom is 0.253 e. The standard InChI is InChI=1S/C18H20N4O/c1-11-7-12(2)21-18(23)15(11)10-20-17-14(9-19)8-13-5-3-4-6-16(13)22-17/h7-8H,3-6,10H2,1-2H3,(H,20,22)(H,21,23). The molecule has 5 nitrogen and oxygen atoms in total. The largest absolute Gasteiger partial charge is 0.365 e. The topological polar surface area (TPSA) is 81.6 Å². The maximum atomic E-state index is 12.1. The number of hydrogen-bond donors (Lipinski definition) is 2. The van der Waals surface area contributed by atoms with E-state index in [-0.39, 0.29) is 5.56 Å². The van der Waals surface area contributed by atoms with Gasteiger partial charge in [-0.15, -0.1) is 0 Å². The van der Waals surface area contributed by atoms with Crippen LogP contribution in [0.4, 0.5) is 5.82 Å². The molecule has 2 aromatic rings. The Morgan fingerprint density at radius 1 is 1.30 bits per heavy atom. The number of anilines is 1. The monoisotopic (exact) mass is 308 g/mol. The van der Waals surface area contributed by atoms with Crippen LogP contribution in [0.1, 0.15) is 46.5 Å². The average molecular weight is 308 g/mol. The van der Waals surface area contributed by atoms with Crippen molar-refractivity contribution in [2.45, 2.75) is 46.1 Å². The number of aryl methyl sites for hydroxylation is 4. The fourth-order valence-corrected chi connectivity index (χ4v) is 3.13. The van der Waals surface area contributed by atoms with Gasteiger partial charge in [-0.1, -0.05) is 0 Å². The Balaban J connectivity index is 1.89. The van der Waals surface area contributed by atoms with Crippen LogP contribution in [0.15, 0.2) is 16.9 Å². The molecule has 0 aromatic carbocycles. The van der Waals surface area contributed by atoms with Crippen molar-refractivity contribution in [2.75, 3.05) is 5.32 Å². The van der Waals surface area contributed by atoms with Crippen molar-refractivity contribution in [2.24, 2.45) is 0 Å². The zero-order chi connectivity index (χ0) is 16.4. The summed E-state index contributed by atoms with van der Waals surface area (Å²) >= 11 is 0. The quantitative estimate of drug-likeness (QED) is 0.913. The van der Waals surface area contributed by atoms with Gasteiger partial charge in [-0.05, 0) is 62.8 Å². The van der Waals surface area contributed by atoms with Gasteiger partial charge in [0.05, 0.1) is 5.56 Å². The van der Waals surface area contributed by atoms with Gasteiger partial charge in [0, 0.05) is 23.5 Å². The summed E-state index contributed by atoms with van der Waals surface area (Å²) in [6.45, 7) is 4.15. The molecule has 2 N–H and O–H groups in total. The number of pyridine rings is 2. The minimum Gasteiger partial charge on any atom is -0.365 e. The molecular formula is C18H20N4O. The van der Waals surface area contributed by atoms with Gasteiger partial charge in [0.15, 0.2) is 0 Å². The molecule has 23 heavy (non-hydrogen) atoms. The summed E-state index contributed by atoms with van der Waals surface area (Å²) in [5, 5.41) is 12.5. The molecule has 0 radical (unpaired) electrons. The molecule has 0 aliphatic heterocycles. The molecule has 1 aliphatic carbocycles. The summed E-state index contributed by atoms with van der Waals surface area (Å²) in [6.07, 6.45) is 4.25. The summed E-state index contributed by atoms with van der Waals surface area (Å²) in [7, 11) is 0. The Labute approximate surface area is 135 Å². The first-order chi connectivity index (χ1) is 11.1. The summed E-state index contributed by atoms with van der Waals surface area (Å²) in [6, 6.07) is 6.10. The van der Waals surface area contributed by atoms with Crippen molar-refractivity contribution in [3.05, 3.63) is 56.1 Å². The van der Waals surface area contributed by atoms with Gasteiger partial charge >= 0.3 is 0 Å². The molecule has 0 amide bonds. The molecule has 3 rings (SSSR count). The molecule has 2 aromatic heterocycles. The SMILES string of the molecule is Cc1cc(C)c(CNc2nc3c(cc2C#N)CCCC3)c(=O)[nH]1. The first-order valence-electron chi connectivity index (χ1n) is 7.94. The molecule has 0 saturated heterocycles. The van der Waals surface area contributed by atoms with E-state index in [0.29, 0.717) is 23.5 Å². The molecule has 2 heterocycles. The van der Waals surface area contributed by atoms with E-state index in [0.717, 1.165) is 42.6 Å². The first-order valence-corrected chi connectivity index (χ1v) is 7.94. The van der Waals surface area contributed by atoms with Crippen LogP contribution in [0.25, 0.3) is 0 Å². The van der Waals surface area contributed by atoms with Gasteiger partial charge in [0.1, 0.15) is 11.9 Å². The molecule has 0 saturated carbocycles. The third-order valence-corrected chi connectivity index (χ3v) is 4.35. The van der Waals surface area contributed by atoms with Crippen LogP contribution in [-0.2, 0) is 19.4 Å². The number of nitrogens with zero attached hydrogens (tertiary/aromatic N) is 2. The Hall–Kier alpha value is -2.61. The molecular weight excluding hydrogens is 288 g/mol. The van der Waals surface area contributed by atoms with Crippen LogP contribution < -0.4 is 10.9 Å². The molecule has 5 heteroatoms. The highest BCUT2D eigenvalue weighted by Gasteiger charge is 2.15. The fourth-order valence-electron chi connectivity index (χ4n) is 3.13. The van der Waals surface area contributed by atoms with E-state index < -0.39 is 0 Å². The minimum absolute atomic E-state index is 0.0912. The van der Waals surface area contributed by atoms with Crippen LogP contribution >= 0.6 is 0 Å². The zero-order valence-corrected chi connectivity index (χ0v) is 13.5. The van der Waals surface area contributed by atoms with Crippen molar-refractivity contribution in [3.63, 3.8) is 0 Å². The Morgan fingerprint density at radius 3 is 2.83 bits per heavy atom. The van der Waals surface area contributed by atoms with Crippen LogP contribution in [0.3, 0.4) is 0 Å². The molecule has 1 aliphatic rings. The van der Waals surface area contributed by atoms with E-state index >= 15 is 0 Å². The lowest BCUT2D eigenvalue weighted by molar-refractivity contribution is 0.668. The Morgan fingerprint density at radius 2 is 2.09 bits per heavy atom. The zero-order valence-electron chi connectivity index (χ0n) is 13.5. The number of nitriles is 1. The van der Waals surface area contributed by atoms with E-state index in [1.807, 2.05) is 26.0 Å². The highest BCUT2D eigenvalue weighted by Crippen LogP contribution is 2.24. The number of aromatic nitrogens is 2. The Bertz CT molecular complexity index is 845. The molecule has 118 valence electrons. The van der Waals surface area contributed by atoms with E-state index in [1.165, 1.54) is 5.56 Å². The van der Waals surface area contributed by atoms with E-state index in [1.54, 1.807) is 0 Å². The highest BCUT2D eigenvalue weighted by atomic mass is 16.1. The van der Waals surface area contributed by atoms with Crippen molar-refractivity contribution < 1.29 is 0 Å². The molecule has 0 fully saturated rings. The molecule has 0 spiro atoms. The smallest absolute Gasteiger partial charge is 0.253 e. The van der Waals surface area contributed by atoms with Gasteiger partial charge < -0.3 is 10.3 Å². The summed E-state index contributed by atoms with van der Waals surface area (Å²) < 4.78 is 0. The number of aromatic amines is 1. The summed E-state index contributed by atoms with van der Waals surface area (Å²) in [5.74, 6) is 0.576. The average Bonchev–Trinajstić information content (AvgIpc) is 2.53. The van der Waals surface area contributed by atoms with E-state index in [4.69, 9.17) is 0 Å². The number of nitrogens with one attached hydrogen (secondary N) is 2. The van der Waals surface area contributed by atoms with Crippen LogP contribution in [0, 0.1) is 25.2 Å². The van der Waals surface area contributed by atoms with Crippen molar-refractivity contribution in [1.82, 2.24) is 9.97 Å². The Kier molecular flexibility index (Phi) is 4.16. The second kappa shape index (κ2) is 6.25. The van der Waals surface area contributed by atoms with Crippen molar-refractivity contribution >= 4 is 5.82 Å². The van der Waals surface area contributed by atoms with Gasteiger partial charge in [-0.3, -0.25) is 4.79 Å². The molecule has 0 bridgehead atoms. The third-order valence-electron chi connectivity index (χ3n) is 4.35. The van der Waals surface area contributed by atoms with Crippen molar-refractivity contribution in [1.29, 1.82) is 5.26 Å². The van der Waals surface area contributed by atoms with Gasteiger partial charge in [-0.2, -0.15) is 5.26 Å². The summed E-state index contributed by atoms with van der Waals surface area (Å²) in [5.41, 5.74) is 5.18. The van der Waals surface area contributed by atoms with Crippen LogP contribution in [0.2, 0.25) is 0 Å². The molecule has 0 unspecified atom stereocenters. The second-order valence-corrected chi connectivity index (χ2v) is 6.11. The minimum atomic E-state index is -0.0912. The normalized spacial score (nSPS) is 13.3. The predicted octanol–water partition coefficient (Wildman–Crippen LogP) is 2.75. The van der Waals surface area contributed by atoms with Crippen LogP contribution in [-0.4, -0.2) is 9.97 Å². The lowest BCUT2D eigenvalue weighted by Gasteiger charge is -2.17.